The summed E-state index contributed by atoms with van der Waals surface area (Å²) in [6, 6.07) is 9.22. The summed E-state index contributed by atoms with van der Waals surface area (Å²) >= 11 is 0. The van der Waals surface area contributed by atoms with Crippen molar-refractivity contribution in [3.8, 4) is 0 Å². The molecule has 0 spiro atoms. The Morgan fingerprint density at radius 3 is 3.12 bits per heavy atom. The van der Waals surface area contributed by atoms with Gasteiger partial charge in [-0.15, -0.1) is 0 Å². The number of amides is 1. The van der Waals surface area contributed by atoms with Crippen LogP contribution in [-0.4, -0.2) is 41.3 Å². The Balaban J connectivity index is 1.61. The minimum atomic E-state index is -0.296. The first-order valence-electron chi connectivity index (χ1n) is 7.92. The van der Waals surface area contributed by atoms with Gasteiger partial charge in [-0.1, -0.05) is 12.1 Å². The third kappa shape index (κ3) is 4.50. The number of morpholine rings is 1. The number of ether oxygens (including phenoxy) is 1. The average molecular weight is 328 g/mol. The van der Waals surface area contributed by atoms with Crippen molar-refractivity contribution in [3.63, 3.8) is 0 Å². The first-order valence-corrected chi connectivity index (χ1v) is 7.92. The molecule has 126 valence electrons. The Morgan fingerprint density at radius 2 is 2.33 bits per heavy atom. The molecule has 2 aromatic rings. The quantitative estimate of drug-likeness (QED) is 0.840. The second-order valence-corrected chi connectivity index (χ2v) is 5.71. The van der Waals surface area contributed by atoms with Gasteiger partial charge < -0.3 is 15.4 Å². The van der Waals surface area contributed by atoms with E-state index in [1.807, 2.05) is 24.3 Å². The molecule has 3 rings (SSSR count). The molecule has 1 amide bonds. The van der Waals surface area contributed by atoms with E-state index in [1.54, 1.807) is 12.3 Å². The van der Waals surface area contributed by atoms with E-state index >= 15 is 0 Å². The Labute approximate surface area is 139 Å². The number of rotatable bonds is 5. The van der Waals surface area contributed by atoms with Crippen LogP contribution in [-0.2, 0) is 16.1 Å². The van der Waals surface area contributed by atoms with Crippen LogP contribution in [0.4, 0.5) is 5.69 Å². The normalized spacial score (nSPS) is 17.4. The summed E-state index contributed by atoms with van der Waals surface area (Å²) in [6.45, 7) is 2.42. The maximum Gasteiger partial charge on any atom is 0.347 e. The molecule has 7 nitrogen and oxygen atoms in total. The first-order chi connectivity index (χ1) is 11.7. The minimum Gasteiger partial charge on any atom is -0.378 e. The van der Waals surface area contributed by atoms with Crippen LogP contribution in [0.15, 0.2) is 47.5 Å². The van der Waals surface area contributed by atoms with E-state index in [4.69, 9.17) is 4.74 Å². The second kappa shape index (κ2) is 7.85. The molecule has 2 heterocycles. The van der Waals surface area contributed by atoms with Gasteiger partial charge >= 0.3 is 5.69 Å². The van der Waals surface area contributed by atoms with E-state index in [2.05, 4.69) is 15.6 Å². The first kappa shape index (κ1) is 16.4. The number of carbonyl (C=O) groups excluding carboxylic acids is 1. The molecule has 2 N–H and O–H groups in total. The van der Waals surface area contributed by atoms with Crippen molar-refractivity contribution in [1.29, 1.82) is 0 Å². The molecule has 0 saturated carbocycles. The van der Waals surface area contributed by atoms with Gasteiger partial charge in [-0.05, 0) is 23.8 Å². The zero-order chi connectivity index (χ0) is 16.8. The average Bonchev–Trinajstić information content (AvgIpc) is 2.58. The number of hydrogen-bond acceptors (Lipinski definition) is 5. The number of benzene rings is 1. The van der Waals surface area contributed by atoms with Crippen LogP contribution in [0.25, 0.3) is 0 Å². The second-order valence-electron chi connectivity index (χ2n) is 5.71. The van der Waals surface area contributed by atoms with Gasteiger partial charge in [0.05, 0.1) is 19.8 Å². The lowest BCUT2D eigenvalue weighted by atomic mass is 10.1. The van der Waals surface area contributed by atoms with Crippen molar-refractivity contribution in [2.75, 3.05) is 25.1 Å². The van der Waals surface area contributed by atoms with Gasteiger partial charge in [0, 0.05) is 37.1 Å². The molecule has 1 aliphatic heterocycles. The van der Waals surface area contributed by atoms with Crippen LogP contribution in [0.1, 0.15) is 12.0 Å². The topological polar surface area (TPSA) is 85.2 Å². The Kier molecular flexibility index (Phi) is 5.35. The van der Waals surface area contributed by atoms with E-state index in [-0.39, 0.29) is 17.6 Å². The fraction of sp³-hybridized carbons (Fsp3) is 0.353. The molecular formula is C17H20N4O3. The van der Waals surface area contributed by atoms with E-state index in [9.17, 15) is 9.59 Å². The van der Waals surface area contributed by atoms with Crippen LogP contribution in [0.5, 0.6) is 0 Å². The third-order valence-electron chi connectivity index (χ3n) is 3.78. The molecule has 1 aliphatic rings. The lowest BCUT2D eigenvalue weighted by Gasteiger charge is -2.23. The largest absolute Gasteiger partial charge is 0.378 e. The summed E-state index contributed by atoms with van der Waals surface area (Å²) in [6.07, 6.45) is 3.53. The van der Waals surface area contributed by atoms with Crippen molar-refractivity contribution in [2.24, 2.45) is 0 Å². The lowest BCUT2D eigenvalue weighted by molar-refractivity contribution is -0.117. The summed E-state index contributed by atoms with van der Waals surface area (Å²) in [5.41, 5.74) is 1.34. The molecule has 0 radical (unpaired) electrons. The summed E-state index contributed by atoms with van der Waals surface area (Å²) in [5, 5.41) is 6.15. The maximum atomic E-state index is 12.1. The number of nitrogens with one attached hydrogen (secondary N) is 2. The highest BCUT2D eigenvalue weighted by Gasteiger charge is 2.16. The molecule has 1 fully saturated rings. The third-order valence-corrected chi connectivity index (χ3v) is 3.78. The van der Waals surface area contributed by atoms with Crippen LogP contribution < -0.4 is 16.3 Å². The molecule has 1 atom stereocenters. The SMILES string of the molecule is O=C(CC1COCCN1)Nc1cccc(Cn2cccnc2=O)c1. The molecular weight excluding hydrogens is 308 g/mol. The predicted octanol–water partition coefficient (Wildman–Crippen LogP) is 0.609. The smallest absolute Gasteiger partial charge is 0.347 e. The van der Waals surface area contributed by atoms with Crippen LogP contribution in [0.2, 0.25) is 0 Å². The van der Waals surface area contributed by atoms with Crippen molar-refractivity contribution >= 4 is 11.6 Å². The predicted molar refractivity (Wildman–Crippen MR) is 89.9 cm³/mol. The van der Waals surface area contributed by atoms with Gasteiger partial charge in [-0.3, -0.25) is 9.36 Å². The number of nitrogens with zero attached hydrogens (tertiary/aromatic N) is 2. The molecule has 1 unspecified atom stereocenters. The monoisotopic (exact) mass is 328 g/mol. The Hall–Kier alpha value is -2.51. The van der Waals surface area contributed by atoms with E-state index in [0.717, 1.165) is 12.1 Å². The van der Waals surface area contributed by atoms with Crippen molar-refractivity contribution in [1.82, 2.24) is 14.9 Å². The zero-order valence-electron chi connectivity index (χ0n) is 13.3. The van der Waals surface area contributed by atoms with Gasteiger partial charge in [-0.2, -0.15) is 0 Å². The fourth-order valence-corrected chi connectivity index (χ4v) is 2.64. The van der Waals surface area contributed by atoms with E-state index < -0.39 is 0 Å². The lowest BCUT2D eigenvalue weighted by Crippen LogP contribution is -2.43. The number of carbonyl (C=O) groups is 1. The van der Waals surface area contributed by atoms with Gasteiger partial charge in [0.2, 0.25) is 5.91 Å². The van der Waals surface area contributed by atoms with Crippen LogP contribution in [0, 0.1) is 0 Å². The van der Waals surface area contributed by atoms with Gasteiger partial charge in [-0.25, -0.2) is 9.78 Å². The fourth-order valence-electron chi connectivity index (χ4n) is 2.64. The molecule has 0 aliphatic carbocycles. The van der Waals surface area contributed by atoms with Gasteiger partial charge in [0.15, 0.2) is 0 Å². The van der Waals surface area contributed by atoms with E-state index in [0.29, 0.717) is 31.9 Å². The minimum absolute atomic E-state index is 0.0518. The molecule has 24 heavy (non-hydrogen) atoms. The maximum absolute atomic E-state index is 12.1. The highest BCUT2D eigenvalue weighted by atomic mass is 16.5. The Morgan fingerprint density at radius 1 is 1.42 bits per heavy atom. The molecule has 7 heteroatoms. The summed E-state index contributed by atoms with van der Waals surface area (Å²) in [4.78, 5) is 27.5. The standard InChI is InChI=1S/C17H20N4O3/c22-16(10-15-12-24-8-6-18-15)20-14-4-1-3-13(9-14)11-21-7-2-5-19-17(21)23/h1-5,7,9,15,18H,6,8,10-12H2,(H,20,22). The number of aromatic nitrogens is 2. The summed E-state index contributed by atoms with van der Waals surface area (Å²) < 4.78 is 6.87. The molecule has 1 saturated heterocycles. The van der Waals surface area contributed by atoms with Crippen molar-refractivity contribution in [2.45, 2.75) is 19.0 Å². The summed E-state index contributed by atoms with van der Waals surface area (Å²) in [5.74, 6) is -0.0614. The van der Waals surface area contributed by atoms with Gasteiger partial charge in [0.1, 0.15) is 0 Å². The molecule has 1 aromatic heterocycles. The Bertz CT molecular complexity index is 753. The van der Waals surface area contributed by atoms with Crippen LogP contribution >= 0.6 is 0 Å². The number of hydrogen-bond donors (Lipinski definition) is 2. The van der Waals surface area contributed by atoms with E-state index in [1.165, 1.54) is 10.8 Å². The highest BCUT2D eigenvalue weighted by Crippen LogP contribution is 2.12. The molecule has 0 bridgehead atoms. The van der Waals surface area contributed by atoms with Crippen LogP contribution in [0.3, 0.4) is 0 Å². The number of anilines is 1. The van der Waals surface area contributed by atoms with Crippen molar-refractivity contribution < 1.29 is 9.53 Å². The molecule has 1 aromatic carbocycles. The van der Waals surface area contributed by atoms with Crippen molar-refractivity contribution in [3.05, 3.63) is 58.8 Å². The van der Waals surface area contributed by atoms with Gasteiger partial charge in [0.25, 0.3) is 0 Å². The zero-order valence-corrected chi connectivity index (χ0v) is 13.3. The highest BCUT2D eigenvalue weighted by molar-refractivity contribution is 5.91. The summed E-state index contributed by atoms with van der Waals surface area (Å²) in [7, 11) is 0.